The molecule has 2 aromatic carbocycles. The number of benzene rings is 2. The Balaban J connectivity index is 1.97. The van der Waals surface area contributed by atoms with Crippen molar-refractivity contribution in [3.63, 3.8) is 0 Å². The number of hydrogen-bond donors (Lipinski definition) is 1. The van der Waals surface area contributed by atoms with Gasteiger partial charge in [-0.2, -0.15) is 0 Å². The minimum Gasteiger partial charge on any atom is -0.491 e. The van der Waals surface area contributed by atoms with Crippen molar-refractivity contribution in [3.8, 4) is 11.5 Å². The van der Waals surface area contributed by atoms with Crippen LogP contribution in [-0.4, -0.2) is 18.3 Å². The van der Waals surface area contributed by atoms with Crippen molar-refractivity contribution in [2.75, 3.05) is 13.2 Å². The number of aliphatic hydroxyl groups is 1. The summed E-state index contributed by atoms with van der Waals surface area (Å²) < 4.78 is 37.3. The van der Waals surface area contributed by atoms with E-state index >= 15 is 0 Å². The Morgan fingerprint density at radius 2 is 1.40 bits per heavy atom. The molecule has 106 valence electrons. The largest absolute Gasteiger partial charge is 0.491 e. The first-order valence-corrected chi connectivity index (χ1v) is 6.10. The molecule has 0 fully saturated rings. The topological polar surface area (TPSA) is 38.7 Å². The molecule has 0 aromatic heterocycles. The van der Waals surface area contributed by atoms with Crippen LogP contribution in [0.2, 0.25) is 0 Å². The fourth-order valence-electron chi connectivity index (χ4n) is 1.62. The monoisotopic (exact) mass is 280 g/mol. The first-order valence-electron chi connectivity index (χ1n) is 6.10. The molecule has 5 heteroatoms. The van der Waals surface area contributed by atoms with Crippen LogP contribution in [0.15, 0.2) is 42.5 Å². The highest BCUT2D eigenvalue weighted by Crippen LogP contribution is 2.20. The molecule has 1 N–H and O–H groups in total. The summed E-state index contributed by atoms with van der Waals surface area (Å²) >= 11 is 0. The van der Waals surface area contributed by atoms with E-state index in [1.807, 2.05) is 0 Å². The number of aliphatic hydroxyl groups excluding tert-OH is 1. The Hall–Kier alpha value is -2.14. The molecule has 0 aliphatic rings. The molecule has 2 aromatic rings. The lowest BCUT2D eigenvalue weighted by Crippen LogP contribution is -2.03. The minimum absolute atomic E-state index is 0.0647. The number of halogens is 2. The third-order valence-electron chi connectivity index (χ3n) is 2.63. The Morgan fingerprint density at radius 1 is 0.850 bits per heavy atom. The van der Waals surface area contributed by atoms with Crippen molar-refractivity contribution in [2.45, 2.75) is 6.61 Å². The molecule has 0 aliphatic carbocycles. The van der Waals surface area contributed by atoms with Crippen LogP contribution in [0.1, 0.15) is 5.56 Å². The lowest BCUT2D eigenvalue weighted by molar-refractivity contribution is 0.201. The summed E-state index contributed by atoms with van der Waals surface area (Å²) in [6.45, 7) is -0.0409. The highest BCUT2D eigenvalue weighted by molar-refractivity contribution is 5.31. The molecule has 0 spiro atoms. The maximum Gasteiger partial charge on any atom is 0.132 e. The molecule has 20 heavy (non-hydrogen) atoms. The summed E-state index contributed by atoms with van der Waals surface area (Å²) in [5.41, 5.74) is -0.104. The lowest BCUT2D eigenvalue weighted by Gasteiger charge is -2.09. The van der Waals surface area contributed by atoms with Crippen LogP contribution >= 0.6 is 0 Å². The molecule has 0 radical (unpaired) electrons. The molecular weight excluding hydrogens is 266 g/mol. The average molecular weight is 280 g/mol. The summed E-state index contributed by atoms with van der Waals surface area (Å²) in [7, 11) is 0. The van der Waals surface area contributed by atoms with Gasteiger partial charge in [0.2, 0.25) is 0 Å². The Morgan fingerprint density at radius 3 is 1.95 bits per heavy atom. The van der Waals surface area contributed by atoms with E-state index in [0.717, 1.165) is 0 Å². The van der Waals surface area contributed by atoms with Gasteiger partial charge in [-0.25, -0.2) is 8.78 Å². The van der Waals surface area contributed by atoms with Gasteiger partial charge in [0, 0.05) is 0 Å². The van der Waals surface area contributed by atoms with Gasteiger partial charge in [0.05, 0.1) is 12.2 Å². The summed E-state index contributed by atoms with van der Waals surface area (Å²) in [4.78, 5) is 0. The van der Waals surface area contributed by atoms with E-state index in [1.165, 1.54) is 18.2 Å². The highest BCUT2D eigenvalue weighted by atomic mass is 19.1. The van der Waals surface area contributed by atoms with Gasteiger partial charge in [-0.1, -0.05) is 6.07 Å². The second-order valence-electron chi connectivity index (χ2n) is 4.03. The van der Waals surface area contributed by atoms with Gasteiger partial charge in [-0.15, -0.1) is 0 Å². The van der Waals surface area contributed by atoms with Gasteiger partial charge < -0.3 is 14.6 Å². The molecular formula is C15H14F2O3. The third kappa shape index (κ3) is 3.68. The van der Waals surface area contributed by atoms with Crippen molar-refractivity contribution in [2.24, 2.45) is 0 Å². The highest BCUT2D eigenvalue weighted by Gasteiger charge is 2.08. The van der Waals surface area contributed by atoms with Gasteiger partial charge in [-0.05, 0) is 36.4 Å². The Labute approximate surface area is 115 Å². The first-order chi connectivity index (χ1) is 9.70. The van der Waals surface area contributed by atoms with E-state index < -0.39 is 11.6 Å². The van der Waals surface area contributed by atoms with E-state index in [2.05, 4.69) is 0 Å². The van der Waals surface area contributed by atoms with Crippen molar-refractivity contribution < 1.29 is 23.4 Å². The molecule has 0 amide bonds. The van der Waals surface area contributed by atoms with Gasteiger partial charge >= 0.3 is 0 Å². The normalized spacial score (nSPS) is 10.3. The van der Waals surface area contributed by atoms with Crippen molar-refractivity contribution >= 4 is 0 Å². The van der Waals surface area contributed by atoms with Crippen LogP contribution in [-0.2, 0) is 6.61 Å². The fourth-order valence-corrected chi connectivity index (χ4v) is 1.62. The zero-order valence-corrected chi connectivity index (χ0v) is 10.7. The molecule has 0 saturated carbocycles. The number of ether oxygens (including phenoxy) is 2. The summed E-state index contributed by atoms with van der Waals surface area (Å²) in [6.07, 6.45) is 0. The molecule has 0 aliphatic heterocycles. The zero-order chi connectivity index (χ0) is 14.4. The summed E-state index contributed by atoms with van der Waals surface area (Å²) in [6, 6.07) is 10.3. The van der Waals surface area contributed by atoms with Crippen molar-refractivity contribution in [1.82, 2.24) is 0 Å². The van der Waals surface area contributed by atoms with Crippen LogP contribution < -0.4 is 9.47 Å². The quantitative estimate of drug-likeness (QED) is 0.884. The molecule has 0 unspecified atom stereocenters. The van der Waals surface area contributed by atoms with Crippen LogP contribution in [0.5, 0.6) is 11.5 Å². The van der Waals surface area contributed by atoms with E-state index in [1.54, 1.807) is 24.3 Å². The third-order valence-corrected chi connectivity index (χ3v) is 2.63. The molecule has 0 heterocycles. The van der Waals surface area contributed by atoms with Crippen LogP contribution in [0.4, 0.5) is 8.78 Å². The fraction of sp³-hybridized carbons (Fsp3) is 0.200. The van der Waals surface area contributed by atoms with Gasteiger partial charge in [0.15, 0.2) is 0 Å². The predicted molar refractivity (Wildman–Crippen MR) is 69.7 cm³/mol. The van der Waals surface area contributed by atoms with Gasteiger partial charge in [0.1, 0.15) is 36.3 Å². The van der Waals surface area contributed by atoms with E-state index in [-0.39, 0.29) is 25.4 Å². The maximum atomic E-state index is 13.4. The van der Waals surface area contributed by atoms with E-state index in [4.69, 9.17) is 14.6 Å². The number of hydrogen-bond acceptors (Lipinski definition) is 3. The van der Waals surface area contributed by atoms with Crippen LogP contribution in [0, 0.1) is 11.6 Å². The molecule has 3 nitrogen and oxygen atoms in total. The maximum absolute atomic E-state index is 13.4. The van der Waals surface area contributed by atoms with E-state index in [0.29, 0.717) is 11.5 Å². The van der Waals surface area contributed by atoms with Crippen molar-refractivity contribution in [1.29, 1.82) is 0 Å². The Bertz CT molecular complexity index is 535. The molecule has 2 rings (SSSR count). The first kappa shape index (κ1) is 14.3. The molecule has 0 saturated heterocycles. The minimum atomic E-state index is -0.632. The van der Waals surface area contributed by atoms with Crippen LogP contribution in [0.25, 0.3) is 0 Å². The lowest BCUT2D eigenvalue weighted by atomic mass is 10.2. The number of rotatable bonds is 6. The smallest absolute Gasteiger partial charge is 0.132 e. The van der Waals surface area contributed by atoms with Gasteiger partial charge in [-0.3, -0.25) is 0 Å². The van der Waals surface area contributed by atoms with Crippen LogP contribution in [0.3, 0.4) is 0 Å². The predicted octanol–water partition coefficient (Wildman–Crippen LogP) is 2.91. The summed E-state index contributed by atoms with van der Waals surface area (Å²) in [5.74, 6) is -0.201. The zero-order valence-electron chi connectivity index (χ0n) is 10.7. The van der Waals surface area contributed by atoms with Gasteiger partial charge in [0.25, 0.3) is 0 Å². The second-order valence-corrected chi connectivity index (χ2v) is 4.03. The Kier molecular flexibility index (Phi) is 4.90. The molecule has 0 bridgehead atoms. The standard InChI is InChI=1S/C15H14F2O3/c16-14-2-1-3-15(17)13(14)10-20-12-6-4-11(5-7-12)19-9-8-18/h1-7,18H,8-10H2. The molecule has 0 atom stereocenters. The van der Waals surface area contributed by atoms with E-state index in [9.17, 15) is 8.78 Å². The SMILES string of the molecule is OCCOc1ccc(OCc2c(F)cccc2F)cc1. The van der Waals surface area contributed by atoms with Crippen molar-refractivity contribution in [3.05, 3.63) is 59.7 Å². The average Bonchev–Trinajstić information content (AvgIpc) is 2.46. The summed E-state index contributed by atoms with van der Waals surface area (Å²) in [5, 5.41) is 8.62. The second kappa shape index (κ2) is 6.86.